The van der Waals surface area contributed by atoms with Crippen LogP contribution in [0.3, 0.4) is 0 Å². The summed E-state index contributed by atoms with van der Waals surface area (Å²) >= 11 is 6.06. The van der Waals surface area contributed by atoms with Gasteiger partial charge in [-0.15, -0.1) is 0 Å². The number of nitrogens with zero attached hydrogens (tertiary/aromatic N) is 2. The van der Waals surface area contributed by atoms with E-state index in [4.69, 9.17) is 11.6 Å². The maximum Gasteiger partial charge on any atom is 0.258 e. The molecule has 4 rings (SSSR count). The maximum absolute atomic E-state index is 12.6. The highest BCUT2D eigenvalue weighted by atomic mass is 35.5. The smallest absolute Gasteiger partial charge is 0.258 e. The minimum Gasteiger partial charge on any atom is -0.364 e. The van der Waals surface area contributed by atoms with Gasteiger partial charge in [0.25, 0.3) is 11.5 Å². The van der Waals surface area contributed by atoms with Gasteiger partial charge in [-0.2, -0.15) is 0 Å². The quantitative estimate of drug-likeness (QED) is 0.688. The van der Waals surface area contributed by atoms with Crippen molar-refractivity contribution in [1.82, 2.24) is 15.3 Å². The summed E-state index contributed by atoms with van der Waals surface area (Å²) in [6.45, 7) is 5.20. The van der Waals surface area contributed by atoms with Crippen LogP contribution in [-0.2, 0) is 13.0 Å². The lowest BCUT2D eigenvalue weighted by molar-refractivity contribution is 0.0942. The van der Waals surface area contributed by atoms with Crippen LogP contribution in [0.25, 0.3) is 10.9 Å². The molecule has 2 aromatic carbocycles. The zero-order valence-electron chi connectivity index (χ0n) is 16.5. The summed E-state index contributed by atoms with van der Waals surface area (Å²) in [6.07, 6.45) is 1.79. The molecule has 150 valence electrons. The van der Waals surface area contributed by atoms with E-state index in [1.807, 2.05) is 32.0 Å². The van der Waals surface area contributed by atoms with Crippen LogP contribution in [0.1, 0.15) is 42.0 Å². The fraction of sp³-hybridized carbons (Fsp3) is 0.318. The summed E-state index contributed by atoms with van der Waals surface area (Å²) < 4.78 is 0. The van der Waals surface area contributed by atoms with Crippen LogP contribution in [-0.4, -0.2) is 28.5 Å². The van der Waals surface area contributed by atoms with Gasteiger partial charge in [0.1, 0.15) is 5.82 Å². The maximum atomic E-state index is 12.6. The zero-order chi connectivity index (χ0) is 20.5. The van der Waals surface area contributed by atoms with Gasteiger partial charge in [-0.1, -0.05) is 17.7 Å². The lowest BCUT2D eigenvalue weighted by Gasteiger charge is -2.32. The van der Waals surface area contributed by atoms with E-state index in [9.17, 15) is 9.59 Å². The van der Waals surface area contributed by atoms with Gasteiger partial charge >= 0.3 is 0 Å². The molecule has 0 saturated heterocycles. The molecule has 0 unspecified atom stereocenters. The van der Waals surface area contributed by atoms with E-state index < -0.39 is 0 Å². The number of anilines is 1. The molecule has 3 aromatic rings. The molecule has 0 radical (unpaired) electrons. The molecule has 0 fully saturated rings. The Morgan fingerprint density at radius 1 is 1.31 bits per heavy atom. The standard InChI is InChI=1S/C22H23ClN4O2/c1-13(2)24-21(28)16-5-3-7-19-15(16)6-4-10-27(19)12-20-25-18-11-14(23)8-9-17(18)22(29)26-20/h3,5,7-9,11,13H,4,6,10,12H2,1-2H3,(H,24,28)(H,25,26,29). The Morgan fingerprint density at radius 2 is 2.14 bits per heavy atom. The van der Waals surface area contributed by atoms with Crippen LogP contribution in [0.2, 0.25) is 5.02 Å². The number of carbonyl (C=O) groups is 1. The second-order valence-corrected chi connectivity index (χ2v) is 8.07. The molecule has 2 heterocycles. The highest BCUT2D eigenvalue weighted by Crippen LogP contribution is 2.31. The van der Waals surface area contributed by atoms with Crippen LogP contribution >= 0.6 is 11.6 Å². The van der Waals surface area contributed by atoms with Crippen LogP contribution in [0.15, 0.2) is 41.2 Å². The molecule has 29 heavy (non-hydrogen) atoms. The number of hydrogen-bond acceptors (Lipinski definition) is 4. The Morgan fingerprint density at radius 3 is 2.93 bits per heavy atom. The van der Waals surface area contributed by atoms with E-state index in [1.54, 1.807) is 18.2 Å². The third kappa shape index (κ3) is 3.98. The van der Waals surface area contributed by atoms with Crippen molar-refractivity contribution < 1.29 is 4.79 Å². The van der Waals surface area contributed by atoms with Crippen molar-refractivity contribution in [2.45, 2.75) is 39.3 Å². The molecule has 0 spiro atoms. The topological polar surface area (TPSA) is 78.1 Å². The molecule has 1 amide bonds. The number of aromatic nitrogens is 2. The van der Waals surface area contributed by atoms with Crippen molar-refractivity contribution >= 4 is 34.1 Å². The average Bonchev–Trinajstić information content (AvgIpc) is 2.67. The third-order valence-electron chi connectivity index (χ3n) is 5.07. The second-order valence-electron chi connectivity index (χ2n) is 7.63. The Balaban J connectivity index is 1.68. The zero-order valence-corrected chi connectivity index (χ0v) is 17.2. The third-order valence-corrected chi connectivity index (χ3v) is 5.30. The fourth-order valence-corrected chi connectivity index (χ4v) is 4.00. The number of amides is 1. The molecule has 0 aliphatic carbocycles. The number of nitrogens with one attached hydrogen (secondary N) is 2. The van der Waals surface area contributed by atoms with Gasteiger partial charge in [-0.05, 0) is 62.6 Å². The molecular weight excluding hydrogens is 388 g/mol. The number of halogens is 1. The van der Waals surface area contributed by atoms with Gasteiger partial charge in [0, 0.05) is 28.9 Å². The van der Waals surface area contributed by atoms with Crippen LogP contribution in [0, 0.1) is 0 Å². The number of carbonyl (C=O) groups excluding carboxylic acids is 1. The SMILES string of the molecule is CC(C)NC(=O)c1cccc2c1CCCN2Cc1nc2cc(Cl)ccc2c(=O)[nH]1. The first kappa shape index (κ1) is 19.5. The van der Waals surface area contributed by atoms with E-state index in [1.165, 1.54) is 0 Å². The van der Waals surface area contributed by atoms with Crippen molar-refractivity contribution in [1.29, 1.82) is 0 Å². The summed E-state index contributed by atoms with van der Waals surface area (Å²) in [7, 11) is 0. The van der Waals surface area contributed by atoms with E-state index in [0.29, 0.717) is 33.9 Å². The van der Waals surface area contributed by atoms with E-state index in [0.717, 1.165) is 30.6 Å². The summed E-state index contributed by atoms with van der Waals surface area (Å²) in [5.74, 6) is 0.528. The second kappa shape index (κ2) is 7.87. The molecular formula is C22H23ClN4O2. The molecule has 6 nitrogen and oxygen atoms in total. The number of aromatic amines is 1. The van der Waals surface area contributed by atoms with Crippen LogP contribution in [0.4, 0.5) is 5.69 Å². The lowest BCUT2D eigenvalue weighted by atomic mass is 9.95. The monoisotopic (exact) mass is 410 g/mol. The van der Waals surface area contributed by atoms with Crippen molar-refractivity contribution in [3.63, 3.8) is 0 Å². The van der Waals surface area contributed by atoms with Gasteiger partial charge in [0.15, 0.2) is 0 Å². The molecule has 1 aliphatic heterocycles. The molecule has 7 heteroatoms. The molecule has 1 aliphatic rings. The molecule has 1 aromatic heterocycles. The first-order valence-electron chi connectivity index (χ1n) is 9.78. The Hall–Kier alpha value is -2.86. The fourth-order valence-electron chi connectivity index (χ4n) is 3.83. The van der Waals surface area contributed by atoms with Crippen molar-refractivity contribution in [3.05, 3.63) is 68.7 Å². The van der Waals surface area contributed by atoms with Gasteiger partial charge in [-0.3, -0.25) is 9.59 Å². The Labute approximate surface area is 173 Å². The minimum atomic E-state index is -0.177. The number of rotatable bonds is 4. The molecule has 0 bridgehead atoms. The van der Waals surface area contributed by atoms with Crippen molar-refractivity contribution in [2.24, 2.45) is 0 Å². The first-order valence-corrected chi connectivity index (χ1v) is 10.2. The van der Waals surface area contributed by atoms with Gasteiger partial charge in [0.05, 0.1) is 17.4 Å². The number of hydrogen-bond donors (Lipinski definition) is 2. The van der Waals surface area contributed by atoms with Crippen LogP contribution < -0.4 is 15.8 Å². The van der Waals surface area contributed by atoms with Crippen molar-refractivity contribution in [3.8, 4) is 0 Å². The van der Waals surface area contributed by atoms with E-state index >= 15 is 0 Å². The lowest BCUT2D eigenvalue weighted by Crippen LogP contribution is -2.34. The number of fused-ring (bicyclic) bond motifs is 2. The number of benzene rings is 2. The number of H-pyrrole nitrogens is 1. The van der Waals surface area contributed by atoms with E-state index in [2.05, 4.69) is 20.2 Å². The predicted octanol–water partition coefficient (Wildman–Crippen LogP) is 3.67. The summed E-state index contributed by atoms with van der Waals surface area (Å²) in [5, 5.41) is 4.04. The molecule has 0 atom stereocenters. The molecule has 2 N–H and O–H groups in total. The van der Waals surface area contributed by atoms with Gasteiger partial charge in [0.2, 0.25) is 0 Å². The summed E-state index contributed by atoms with van der Waals surface area (Å²) in [5.41, 5.74) is 3.18. The Kier molecular flexibility index (Phi) is 5.28. The summed E-state index contributed by atoms with van der Waals surface area (Å²) in [4.78, 5) is 34.7. The first-order chi connectivity index (χ1) is 13.9. The predicted molar refractivity (Wildman–Crippen MR) is 116 cm³/mol. The van der Waals surface area contributed by atoms with Crippen molar-refractivity contribution in [2.75, 3.05) is 11.4 Å². The van der Waals surface area contributed by atoms with Gasteiger partial charge in [-0.25, -0.2) is 4.98 Å². The summed E-state index contributed by atoms with van der Waals surface area (Å²) in [6, 6.07) is 11.0. The van der Waals surface area contributed by atoms with Crippen LogP contribution in [0.5, 0.6) is 0 Å². The molecule has 0 saturated carbocycles. The minimum absolute atomic E-state index is 0.0504. The highest BCUT2D eigenvalue weighted by molar-refractivity contribution is 6.31. The highest BCUT2D eigenvalue weighted by Gasteiger charge is 2.23. The normalized spacial score (nSPS) is 13.6. The largest absolute Gasteiger partial charge is 0.364 e. The average molecular weight is 411 g/mol. The van der Waals surface area contributed by atoms with Gasteiger partial charge < -0.3 is 15.2 Å². The van der Waals surface area contributed by atoms with E-state index in [-0.39, 0.29) is 17.5 Å². The Bertz CT molecular complexity index is 1140.